The molecule has 6 heteroatoms. The lowest BCUT2D eigenvalue weighted by Crippen LogP contribution is -2.19. The number of aliphatic carboxylic acids is 1. The molecule has 0 aliphatic heterocycles. The number of rotatable bonds is 6. The fourth-order valence-corrected chi connectivity index (χ4v) is 3.68. The molecule has 1 fully saturated rings. The number of hydrogen-bond donors (Lipinski definition) is 3. The number of carboxylic acids is 1. The molecule has 0 bridgehead atoms. The number of nitrogens with zero attached hydrogens (tertiary/aromatic N) is 1. The number of para-hydroxylation sites is 1. The van der Waals surface area contributed by atoms with Gasteiger partial charge in [0.2, 0.25) is 0 Å². The van der Waals surface area contributed by atoms with Gasteiger partial charge in [-0.05, 0) is 36.6 Å². The fourth-order valence-electron chi connectivity index (χ4n) is 3.68. The lowest BCUT2D eigenvalue weighted by molar-refractivity contribution is -0.139. The van der Waals surface area contributed by atoms with Gasteiger partial charge in [0.15, 0.2) is 0 Å². The quantitative estimate of drug-likeness (QED) is 0.528. The van der Waals surface area contributed by atoms with Crippen LogP contribution < -0.4 is 0 Å². The first kappa shape index (κ1) is 21.0. The Morgan fingerprint density at radius 3 is 2.52 bits per heavy atom. The Balaban J connectivity index is 1.82. The SMILES string of the molecule is O=C(O)C[C@H](O)C[C@H](O)C#Cc1c(C2CC2)nc2ccccc2c1-c1ccc(F)cc1. The second kappa shape index (κ2) is 8.84. The van der Waals surface area contributed by atoms with Gasteiger partial charge in [-0.15, -0.1) is 0 Å². The first-order valence-electron chi connectivity index (χ1n) is 10.2. The molecule has 1 aromatic heterocycles. The minimum Gasteiger partial charge on any atom is -0.481 e. The maximum atomic E-state index is 13.6. The van der Waals surface area contributed by atoms with Gasteiger partial charge in [0.1, 0.15) is 11.9 Å². The fraction of sp³-hybridized carbons (Fsp3) is 0.280. The van der Waals surface area contributed by atoms with Crippen molar-refractivity contribution in [1.29, 1.82) is 0 Å². The van der Waals surface area contributed by atoms with E-state index in [4.69, 9.17) is 10.1 Å². The molecule has 1 heterocycles. The van der Waals surface area contributed by atoms with Gasteiger partial charge in [-0.25, -0.2) is 4.39 Å². The normalized spacial score (nSPS) is 15.2. The second-order valence-electron chi connectivity index (χ2n) is 7.82. The summed E-state index contributed by atoms with van der Waals surface area (Å²) in [5.74, 6) is 4.61. The number of halogens is 1. The molecule has 2 aromatic carbocycles. The average molecular weight is 419 g/mol. The zero-order valence-electron chi connectivity index (χ0n) is 16.8. The summed E-state index contributed by atoms with van der Waals surface area (Å²) in [6.45, 7) is 0. The van der Waals surface area contributed by atoms with Crippen LogP contribution in [-0.4, -0.2) is 38.5 Å². The van der Waals surface area contributed by atoms with E-state index in [1.807, 2.05) is 24.3 Å². The highest BCUT2D eigenvalue weighted by molar-refractivity contribution is 5.98. The van der Waals surface area contributed by atoms with Crippen LogP contribution in [0.2, 0.25) is 0 Å². The predicted molar refractivity (Wildman–Crippen MR) is 115 cm³/mol. The summed E-state index contributed by atoms with van der Waals surface area (Å²) in [6, 6.07) is 13.9. The third kappa shape index (κ3) is 4.91. The van der Waals surface area contributed by atoms with Crippen LogP contribution in [-0.2, 0) is 4.79 Å². The summed E-state index contributed by atoms with van der Waals surface area (Å²) in [6.07, 6.45) is -0.981. The van der Waals surface area contributed by atoms with Crippen molar-refractivity contribution < 1.29 is 24.5 Å². The van der Waals surface area contributed by atoms with Crippen LogP contribution in [0.15, 0.2) is 48.5 Å². The smallest absolute Gasteiger partial charge is 0.305 e. The number of hydrogen-bond acceptors (Lipinski definition) is 4. The van der Waals surface area contributed by atoms with Gasteiger partial charge < -0.3 is 15.3 Å². The van der Waals surface area contributed by atoms with Crippen molar-refractivity contribution in [2.45, 2.75) is 43.8 Å². The van der Waals surface area contributed by atoms with Gasteiger partial charge in [0.25, 0.3) is 0 Å². The molecule has 4 rings (SSSR count). The van der Waals surface area contributed by atoms with Crippen LogP contribution in [0.3, 0.4) is 0 Å². The first-order valence-corrected chi connectivity index (χ1v) is 10.2. The largest absolute Gasteiger partial charge is 0.481 e. The molecule has 0 unspecified atom stereocenters. The van der Waals surface area contributed by atoms with E-state index in [2.05, 4.69) is 11.8 Å². The van der Waals surface area contributed by atoms with E-state index < -0.39 is 24.6 Å². The van der Waals surface area contributed by atoms with E-state index >= 15 is 0 Å². The minimum absolute atomic E-state index is 0.162. The molecule has 3 N–H and O–H groups in total. The summed E-state index contributed by atoms with van der Waals surface area (Å²) in [5.41, 5.74) is 3.99. The molecule has 0 spiro atoms. The lowest BCUT2D eigenvalue weighted by Gasteiger charge is -2.14. The molecule has 31 heavy (non-hydrogen) atoms. The monoisotopic (exact) mass is 419 g/mol. The van der Waals surface area contributed by atoms with Crippen LogP contribution in [0, 0.1) is 17.7 Å². The van der Waals surface area contributed by atoms with E-state index in [0.717, 1.165) is 40.6 Å². The lowest BCUT2D eigenvalue weighted by atomic mass is 9.92. The Labute approximate surface area is 179 Å². The molecule has 158 valence electrons. The highest BCUT2D eigenvalue weighted by atomic mass is 19.1. The topological polar surface area (TPSA) is 90.7 Å². The summed E-state index contributed by atoms with van der Waals surface area (Å²) >= 11 is 0. The van der Waals surface area contributed by atoms with Crippen molar-refractivity contribution in [2.75, 3.05) is 0 Å². The molecule has 0 amide bonds. The Morgan fingerprint density at radius 2 is 1.84 bits per heavy atom. The number of benzene rings is 2. The van der Waals surface area contributed by atoms with Crippen LogP contribution in [0.5, 0.6) is 0 Å². The number of carbonyl (C=O) groups is 1. The highest BCUT2D eigenvalue weighted by Crippen LogP contribution is 2.44. The maximum absolute atomic E-state index is 13.6. The Kier molecular flexibility index (Phi) is 5.99. The van der Waals surface area contributed by atoms with Crippen molar-refractivity contribution in [3.8, 4) is 23.0 Å². The van der Waals surface area contributed by atoms with E-state index in [9.17, 15) is 19.4 Å². The summed E-state index contributed by atoms with van der Waals surface area (Å²) < 4.78 is 13.6. The molecule has 1 aliphatic carbocycles. The molecular formula is C25H22FNO4. The molecule has 1 saturated carbocycles. The van der Waals surface area contributed by atoms with Crippen LogP contribution in [0.4, 0.5) is 4.39 Å². The van der Waals surface area contributed by atoms with Crippen LogP contribution in [0.1, 0.15) is 42.9 Å². The molecule has 0 radical (unpaired) electrons. The first-order chi connectivity index (χ1) is 14.9. The van der Waals surface area contributed by atoms with Crippen molar-refractivity contribution >= 4 is 16.9 Å². The number of aromatic nitrogens is 1. The molecule has 5 nitrogen and oxygen atoms in total. The van der Waals surface area contributed by atoms with Gasteiger partial charge >= 0.3 is 5.97 Å². The number of aliphatic hydroxyl groups excluding tert-OH is 2. The molecule has 2 atom stereocenters. The van der Waals surface area contributed by atoms with Crippen molar-refractivity contribution in [3.05, 3.63) is 65.6 Å². The van der Waals surface area contributed by atoms with Crippen LogP contribution >= 0.6 is 0 Å². The zero-order chi connectivity index (χ0) is 22.0. The Bertz CT molecular complexity index is 1180. The van der Waals surface area contributed by atoms with Gasteiger partial charge in [-0.1, -0.05) is 42.2 Å². The van der Waals surface area contributed by atoms with E-state index in [-0.39, 0.29) is 18.2 Å². The molecule has 0 saturated heterocycles. The second-order valence-corrected chi connectivity index (χ2v) is 7.82. The third-order valence-electron chi connectivity index (χ3n) is 5.29. The number of pyridine rings is 1. The summed E-state index contributed by atoms with van der Waals surface area (Å²) in [5, 5.41) is 29.7. The van der Waals surface area contributed by atoms with Crippen molar-refractivity contribution in [1.82, 2.24) is 4.98 Å². The maximum Gasteiger partial charge on any atom is 0.305 e. The van der Waals surface area contributed by atoms with Crippen molar-refractivity contribution in [2.24, 2.45) is 0 Å². The van der Waals surface area contributed by atoms with Crippen LogP contribution in [0.25, 0.3) is 22.0 Å². The van der Waals surface area contributed by atoms with Gasteiger partial charge in [-0.2, -0.15) is 0 Å². The Morgan fingerprint density at radius 1 is 1.13 bits per heavy atom. The number of fused-ring (bicyclic) bond motifs is 1. The summed E-state index contributed by atoms with van der Waals surface area (Å²) in [4.78, 5) is 15.6. The van der Waals surface area contributed by atoms with E-state index in [0.29, 0.717) is 5.56 Å². The van der Waals surface area contributed by atoms with Gasteiger partial charge in [0, 0.05) is 23.3 Å². The minimum atomic E-state index is -1.19. The zero-order valence-corrected chi connectivity index (χ0v) is 16.8. The third-order valence-corrected chi connectivity index (χ3v) is 5.29. The summed E-state index contributed by atoms with van der Waals surface area (Å²) in [7, 11) is 0. The Hall–Kier alpha value is -3.27. The molecule has 1 aliphatic rings. The average Bonchev–Trinajstić information content (AvgIpc) is 3.56. The van der Waals surface area contributed by atoms with Gasteiger partial charge in [0.05, 0.1) is 29.3 Å². The molecule has 3 aromatic rings. The highest BCUT2D eigenvalue weighted by Gasteiger charge is 2.30. The van der Waals surface area contributed by atoms with Gasteiger partial charge in [-0.3, -0.25) is 9.78 Å². The predicted octanol–water partition coefficient (Wildman–Crippen LogP) is 3.86. The van der Waals surface area contributed by atoms with Crippen molar-refractivity contribution in [3.63, 3.8) is 0 Å². The number of aliphatic hydroxyl groups is 2. The van der Waals surface area contributed by atoms with E-state index in [1.165, 1.54) is 12.1 Å². The molecular weight excluding hydrogens is 397 g/mol. The number of carboxylic acid groups (broad SMARTS) is 1. The van der Waals surface area contributed by atoms with E-state index in [1.54, 1.807) is 12.1 Å². The standard InChI is InChI=1S/C25H22FNO4/c26-17-9-7-15(8-10-17)24-20-3-1-2-4-22(20)27-25(16-5-6-16)21(24)12-11-18(28)13-19(29)14-23(30)31/h1-4,7-10,16,18-19,28-29H,5-6,13-14H2,(H,30,31)/t18-,19-/m1/s1.